The van der Waals surface area contributed by atoms with E-state index in [0.29, 0.717) is 0 Å². The van der Waals surface area contributed by atoms with Crippen LogP contribution in [0.25, 0.3) is 10.9 Å². The molecule has 4 N–H and O–H groups in total. The van der Waals surface area contributed by atoms with Crippen molar-refractivity contribution in [3.8, 4) is 11.5 Å². The number of ether oxygens (including phenoxy) is 2. The zero-order valence-electron chi connectivity index (χ0n) is 15.1. The molecule has 4 rings (SSSR count). The number of nitrogens with one attached hydrogen (secondary N) is 2. The first-order valence-corrected chi connectivity index (χ1v) is 9.17. The molecule has 0 fully saturated rings. The van der Waals surface area contributed by atoms with Crippen molar-refractivity contribution < 1.29 is 14.3 Å². The Morgan fingerprint density at radius 2 is 2.00 bits per heavy atom. The Bertz CT molecular complexity index is 964. The summed E-state index contributed by atoms with van der Waals surface area (Å²) in [6.07, 6.45) is 2.66. The van der Waals surface area contributed by atoms with E-state index in [0.717, 1.165) is 42.8 Å². The molecule has 2 aromatic carbocycles. The Balaban J connectivity index is 1.53. The average Bonchev–Trinajstić information content (AvgIpc) is 3.25. The topological polar surface area (TPSA) is 89.4 Å². The van der Waals surface area contributed by atoms with E-state index in [2.05, 4.69) is 34.6 Å². The van der Waals surface area contributed by atoms with E-state index in [9.17, 15) is 4.79 Å². The molecule has 0 bridgehead atoms. The summed E-state index contributed by atoms with van der Waals surface area (Å²) in [6, 6.07) is 14.5. The zero-order valence-corrected chi connectivity index (χ0v) is 15.1. The molecule has 0 unspecified atom stereocenters. The predicted octanol–water partition coefficient (Wildman–Crippen LogP) is 2.49. The number of fused-ring (bicyclic) bond motifs is 2. The van der Waals surface area contributed by atoms with Crippen molar-refractivity contribution in [2.75, 3.05) is 19.9 Å². The maximum Gasteiger partial charge on any atom is 0.231 e. The molecule has 27 heavy (non-hydrogen) atoms. The number of carbonyl (C=O) groups excluding carboxylic acids is 1. The lowest BCUT2D eigenvalue weighted by atomic mass is 10.0. The first kappa shape index (κ1) is 17.4. The Kier molecular flexibility index (Phi) is 4.98. The average molecular weight is 365 g/mol. The number of aryl methyl sites for hydroxylation is 1. The third-order valence-electron chi connectivity index (χ3n) is 4.80. The largest absolute Gasteiger partial charge is 0.454 e. The molecule has 0 aliphatic carbocycles. The Hall–Kier alpha value is -2.99. The highest BCUT2D eigenvalue weighted by Gasteiger charge is 2.16. The molecule has 0 spiro atoms. The number of nitrogens with two attached hydrogens (primary N) is 1. The number of amides is 1. The van der Waals surface area contributed by atoms with Gasteiger partial charge in [-0.2, -0.15) is 0 Å². The fourth-order valence-corrected chi connectivity index (χ4v) is 3.55. The Morgan fingerprint density at radius 3 is 2.89 bits per heavy atom. The zero-order chi connectivity index (χ0) is 18.6. The number of aromatic amines is 1. The van der Waals surface area contributed by atoms with Crippen LogP contribution in [0, 0.1) is 0 Å². The molecule has 0 radical (unpaired) electrons. The van der Waals surface area contributed by atoms with Gasteiger partial charge in [0, 0.05) is 23.0 Å². The van der Waals surface area contributed by atoms with Gasteiger partial charge in [0.2, 0.25) is 12.7 Å². The van der Waals surface area contributed by atoms with Crippen molar-refractivity contribution in [3.63, 3.8) is 0 Å². The van der Waals surface area contributed by atoms with E-state index >= 15 is 0 Å². The van der Waals surface area contributed by atoms with Gasteiger partial charge in [-0.15, -0.1) is 0 Å². The van der Waals surface area contributed by atoms with Gasteiger partial charge >= 0.3 is 0 Å². The van der Waals surface area contributed by atoms with E-state index in [1.54, 1.807) is 0 Å². The number of primary amides is 1. The van der Waals surface area contributed by atoms with Gasteiger partial charge in [-0.1, -0.05) is 24.3 Å². The number of rotatable bonds is 8. The first-order valence-electron chi connectivity index (χ1n) is 9.17. The van der Waals surface area contributed by atoms with Crippen LogP contribution in [-0.2, 0) is 17.6 Å². The van der Waals surface area contributed by atoms with Crippen molar-refractivity contribution in [3.05, 3.63) is 59.3 Å². The molecular formula is C21H23N3O3. The van der Waals surface area contributed by atoms with Gasteiger partial charge in [0.15, 0.2) is 11.5 Å². The first-order chi connectivity index (χ1) is 13.2. The van der Waals surface area contributed by atoms with Crippen molar-refractivity contribution >= 4 is 16.8 Å². The summed E-state index contributed by atoms with van der Waals surface area (Å²) < 4.78 is 10.9. The minimum Gasteiger partial charge on any atom is -0.454 e. The lowest BCUT2D eigenvalue weighted by molar-refractivity contribution is -0.117. The molecule has 6 nitrogen and oxygen atoms in total. The highest BCUT2D eigenvalue weighted by molar-refractivity contribution is 5.84. The Morgan fingerprint density at radius 1 is 1.15 bits per heavy atom. The normalized spacial score (nSPS) is 12.6. The van der Waals surface area contributed by atoms with Crippen LogP contribution in [0.3, 0.4) is 0 Å². The SMILES string of the molecule is NC(=O)CNCCCc1c(Cc2ccc3c(c2)OCO3)[nH]c2ccccc12. The predicted molar refractivity (Wildman–Crippen MR) is 104 cm³/mol. The van der Waals surface area contributed by atoms with Crippen LogP contribution >= 0.6 is 0 Å². The number of hydrogen-bond donors (Lipinski definition) is 3. The summed E-state index contributed by atoms with van der Waals surface area (Å²) in [5.41, 5.74) is 10.0. The van der Waals surface area contributed by atoms with Crippen molar-refractivity contribution in [2.45, 2.75) is 19.3 Å². The molecule has 1 amide bonds. The van der Waals surface area contributed by atoms with Crippen molar-refractivity contribution in [2.24, 2.45) is 5.73 Å². The van der Waals surface area contributed by atoms with Gasteiger partial charge < -0.3 is 25.5 Å². The van der Waals surface area contributed by atoms with Gasteiger partial charge in [0.05, 0.1) is 6.54 Å². The van der Waals surface area contributed by atoms with Crippen LogP contribution in [0.4, 0.5) is 0 Å². The van der Waals surface area contributed by atoms with Crippen LogP contribution in [0.15, 0.2) is 42.5 Å². The molecule has 0 atom stereocenters. The number of para-hydroxylation sites is 1. The third kappa shape index (κ3) is 3.90. The number of benzene rings is 2. The van der Waals surface area contributed by atoms with Gasteiger partial charge in [-0.25, -0.2) is 0 Å². The third-order valence-corrected chi connectivity index (χ3v) is 4.80. The number of aromatic nitrogens is 1. The molecule has 0 saturated heterocycles. The summed E-state index contributed by atoms with van der Waals surface area (Å²) in [5, 5.41) is 4.33. The molecule has 140 valence electrons. The molecule has 1 aliphatic rings. The minimum atomic E-state index is -0.328. The van der Waals surface area contributed by atoms with E-state index in [1.807, 2.05) is 18.2 Å². The number of carbonyl (C=O) groups is 1. The maximum absolute atomic E-state index is 10.8. The number of H-pyrrole nitrogens is 1. The van der Waals surface area contributed by atoms with E-state index < -0.39 is 0 Å². The van der Waals surface area contributed by atoms with Crippen LogP contribution in [0.5, 0.6) is 11.5 Å². The summed E-state index contributed by atoms with van der Waals surface area (Å²) in [5.74, 6) is 1.28. The Labute approximate surface area is 157 Å². The van der Waals surface area contributed by atoms with Crippen LogP contribution in [0.2, 0.25) is 0 Å². The summed E-state index contributed by atoms with van der Waals surface area (Å²) >= 11 is 0. The summed E-state index contributed by atoms with van der Waals surface area (Å²) in [7, 11) is 0. The second-order valence-corrected chi connectivity index (χ2v) is 6.74. The maximum atomic E-state index is 10.8. The second kappa shape index (κ2) is 7.72. The van der Waals surface area contributed by atoms with Crippen LogP contribution < -0.4 is 20.5 Å². The standard InChI is InChI=1S/C21H23N3O3/c22-21(25)12-23-9-3-5-16-15-4-1-2-6-17(15)24-18(16)10-14-7-8-19-20(11-14)27-13-26-19/h1-2,4,6-8,11,23-24H,3,5,9-10,12-13H2,(H2,22,25). The molecular weight excluding hydrogens is 342 g/mol. The fraction of sp³-hybridized carbons (Fsp3) is 0.286. The quantitative estimate of drug-likeness (QED) is 0.535. The fourth-order valence-electron chi connectivity index (χ4n) is 3.55. The summed E-state index contributed by atoms with van der Waals surface area (Å²) in [6.45, 7) is 1.26. The highest BCUT2D eigenvalue weighted by atomic mass is 16.7. The van der Waals surface area contributed by atoms with Gasteiger partial charge in [0.1, 0.15) is 0 Å². The lowest BCUT2D eigenvalue weighted by Gasteiger charge is -2.07. The van der Waals surface area contributed by atoms with Gasteiger partial charge in [0.25, 0.3) is 0 Å². The molecule has 6 heteroatoms. The minimum absolute atomic E-state index is 0.220. The van der Waals surface area contributed by atoms with Crippen LogP contribution in [0.1, 0.15) is 23.2 Å². The van der Waals surface area contributed by atoms with Crippen LogP contribution in [-0.4, -0.2) is 30.8 Å². The highest BCUT2D eigenvalue weighted by Crippen LogP contribution is 2.34. The van der Waals surface area contributed by atoms with Crippen molar-refractivity contribution in [1.82, 2.24) is 10.3 Å². The van der Waals surface area contributed by atoms with E-state index in [-0.39, 0.29) is 19.2 Å². The molecule has 1 aliphatic heterocycles. The summed E-state index contributed by atoms with van der Waals surface area (Å²) in [4.78, 5) is 14.4. The molecule has 2 heterocycles. The lowest BCUT2D eigenvalue weighted by Crippen LogP contribution is -2.29. The van der Waals surface area contributed by atoms with E-state index in [4.69, 9.17) is 15.2 Å². The van der Waals surface area contributed by atoms with Gasteiger partial charge in [-0.05, 0) is 48.7 Å². The molecule has 1 aromatic heterocycles. The monoisotopic (exact) mass is 365 g/mol. The molecule has 0 saturated carbocycles. The van der Waals surface area contributed by atoms with E-state index in [1.165, 1.54) is 22.2 Å². The van der Waals surface area contributed by atoms with Gasteiger partial charge in [-0.3, -0.25) is 4.79 Å². The van der Waals surface area contributed by atoms with Crippen molar-refractivity contribution in [1.29, 1.82) is 0 Å². The second-order valence-electron chi connectivity index (χ2n) is 6.74. The number of hydrogen-bond acceptors (Lipinski definition) is 4. The molecule has 3 aromatic rings. The smallest absolute Gasteiger partial charge is 0.231 e.